The van der Waals surface area contributed by atoms with Crippen molar-refractivity contribution < 1.29 is 28.2 Å². The number of carbonyl (C=O) groups is 2. The van der Waals surface area contributed by atoms with E-state index in [1.807, 2.05) is 0 Å². The standard InChI is InChI=1S/C36H32Cl2FN5O5/c1-18-26(37)13-20-12-21(14-28(47-3)30(20)43-18)33(45)42-16-22(10-19-6-5-7-23(39)11-19)27-15-25-32(49-17-36(25,2)35(40)46)31(44-27)24-8-9-41-34(48-4)29(24)38/h5-9,11-15,22H,10,16-17H2,1-4H3,(H2,40,46)(H,42,45)/t22?,36-/m0/s1. The van der Waals surface area contributed by atoms with Gasteiger partial charge in [0.1, 0.15) is 45.6 Å². The number of rotatable bonds is 10. The second-order valence-corrected chi connectivity index (χ2v) is 12.8. The molecule has 252 valence electrons. The maximum Gasteiger partial charge on any atom is 0.251 e. The monoisotopic (exact) mass is 703 g/mol. The van der Waals surface area contributed by atoms with Crippen molar-refractivity contribution in [3.8, 4) is 28.6 Å². The molecule has 0 fully saturated rings. The van der Waals surface area contributed by atoms with E-state index in [9.17, 15) is 14.0 Å². The Morgan fingerprint density at radius 2 is 1.90 bits per heavy atom. The van der Waals surface area contributed by atoms with Crippen LogP contribution in [0.15, 0.2) is 60.8 Å². The lowest BCUT2D eigenvalue weighted by Crippen LogP contribution is -2.40. The lowest BCUT2D eigenvalue weighted by Gasteiger charge is -2.23. The second-order valence-electron chi connectivity index (χ2n) is 12.0. The van der Waals surface area contributed by atoms with Gasteiger partial charge in [-0.3, -0.25) is 9.59 Å². The minimum Gasteiger partial charge on any atom is -0.494 e. The van der Waals surface area contributed by atoms with Gasteiger partial charge in [-0.1, -0.05) is 35.3 Å². The number of nitrogens with zero attached hydrogens (tertiary/aromatic N) is 3. The number of aromatic nitrogens is 3. The van der Waals surface area contributed by atoms with E-state index in [4.69, 9.17) is 48.1 Å². The fourth-order valence-electron chi connectivity index (χ4n) is 5.90. The SMILES string of the molecule is COc1nccc(-c2nc(C(CNC(=O)c3cc(OC)c4nc(C)c(Cl)cc4c3)Cc3cccc(F)c3)cc3c2OC[C@]3(C)C(N)=O)c1Cl. The summed E-state index contributed by atoms with van der Waals surface area (Å²) < 4.78 is 31.3. The molecule has 4 heterocycles. The summed E-state index contributed by atoms with van der Waals surface area (Å²) in [5.74, 6) is -0.960. The van der Waals surface area contributed by atoms with Crippen LogP contribution in [0.3, 0.4) is 0 Å². The quantitative estimate of drug-likeness (QED) is 0.172. The Morgan fingerprint density at radius 3 is 2.61 bits per heavy atom. The number of hydrogen-bond donors (Lipinski definition) is 2. The van der Waals surface area contributed by atoms with Crippen molar-refractivity contribution >= 4 is 45.9 Å². The molecule has 2 aromatic carbocycles. The number of nitrogens with two attached hydrogens (primary N) is 1. The Kier molecular flexibility index (Phi) is 9.32. The van der Waals surface area contributed by atoms with Crippen molar-refractivity contribution in [1.29, 1.82) is 0 Å². The summed E-state index contributed by atoms with van der Waals surface area (Å²) in [6.45, 7) is 3.55. The zero-order valence-corrected chi connectivity index (χ0v) is 28.6. The Balaban J connectivity index is 1.44. The Hall–Kier alpha value is -5.00. The number of aryl methyl sites for hydroxylation is 1. The number of pyridine rings is 3. The summed E-state index contributed by atoms with van der Waals surface area (Å²) in [5.41, 5.74) is 8.73. The number of hydrogen-bond acceptors (Lipinski definition) is 8. The van der Waals surface area contributed by atoms with Crippen molar-refractivity contribution in [2.24, 2.45) is 5.73 Å². The van der Waals surface area contributed by atoms with Gasteiger partial charge < -0.3 is 25.3 Å². The van der Waals surface area contributed by atoms with Crippen LogP contribution in [0.25, 0.3) is 22.2 Å². The maximum absolute atomic E-state index is 14.4. The van der Waals surface area contributed by atoms with Crippen LogP contribution in [-0.2, 0) is 16.6 Å². The fraction of sp³-hybridized carbons (Fsp3) is 0.250. The number of carbonyl (C=O) groups excluding carboxylic acids is 2. The van der Waals surface area contributed by atoms with Crippen molar-refractivity contribution in [2.75, 3.05) is 27.4 Å². The van der Waals surface area contributed by atoms with Crippen molar-refractivity contribution in [3.05, 3.63) is 105 Å². The third-order valence-corrected chi connectivity index (χ3v) is 9.48. The molecular formula is C36H32Cl2FN5O5. The number of methoxy groups -OCH3 is 2. The van der Waals surface area contributed by atoms with Crippen LogP contribution in [0.2, 0.25) is 10.0 Å². The van der Waals surface area contributed by atoms with E-state index in [1.165, 1.54) is 32.5 Å². The predicted molar refractivity (Wildman–Crippen MR) is 184 cm³/mol. The highest BCUT2D eigenvalue weighted by molar-refractivity contribution is 6.34. The summed E-state index contributed by atoms with van der Waals surface area (Å²) in [4.78, 5) is 40.2. The van der Waals surface area contributed by atoms with Crippen LogP contribution in [0, 0.1) is 12.7 Å². The lowest BCUT2D eigenvalue weighted by molar-refractivity contribution is -0.123. The molecule has 3 aromatic heterocycles. The molecule has 0 saturated heterocycles. The van der Waals surface area contributed by atoms with Gasteiger partial charge in [0.2, 0.25) is 11.8 Å². The first-order valence-electron chi connectivity index (χ1n) is 15.3. The molecule has 1 aliphatic rings. The van der Waals surface area contributed by atoms with E-state index < -0.39 is 29.0 Å². The van der Waals surface area contributed by atoms with E-state index >= 15 is 0 Å². The zero-order valence-electron chi connectivity index (χ0n) is 27.1. The number of amides is 2. The van der Waals surface area contributed by atoms with Crippen LogP contribution in [0.4, 0.5) is 4.39 Å². The number of halogens is 3. The first kappa shape index (κ1) is 33.9. The molecule has 0 aliphatic carbocycles. The number of nitrogens with one attached hydrogen (secondary N) is 1. The van der Waals surface area contributed by atoms with Crippen molar-refractivity contribution in [3.63, 3.8) is 0 Å². The summed E-state index contributed by atoms with van der Waals surface area (Å²) in [7, 11) is 2.95. The van der Waals surface area contributed by atoms with E-state index in [0.29, 0.717) is 66.8 Å². The van der Waals surface area contributed by atoms with Crippen LogP contribution in [0.5, 0.6) is 17.4 Å². The van der Waals surface area contributed by atoms with Gasteiger partial charge in [-0.15, -0.1) is 0 Å². The fourth-order valence-corrected chi connectivity index (χ4v) is 6.34. The average molecular weight is 705 g/mol. The van der Waals surface area contributed by atoms with Gasteiger partial charge in [0.15, 0.2) is 0 Å². The molecule has 2 atom stereocenters. The highest BCUT2D eigenvalue weighted by atomic mass is 35.5. The molecule has 0 saturated carbocycles. The smallest absolute Gasteiger partial charge is 0.251 e. The summed E-state index contributed by atoms with van der Waals surface area (Å²) in [6, 6.07) is 14.7. The minimum atomic E-state index is -1.19. The molecule has 0 spiro atoms. The molecule has 10 nitrogen and oxygen atoms in total. The molecule has 0 radical (unpaired) electrons. The molecule has 1 aliphatic heterocycles. The Bertz CT molecular complexity index is 2130. The lowest BCUT2D eigenvalue weighted by atomic mass is 9.82. The molecule has 13 heteroatoms. The highest BCUT2D eigenvalue weighted by Crippen LogP contribution is 2.47. The van der Waals surface area contributed by atoms with Gasteiger partial charge in [0.05, 0.1) is 24.9 Å². The third kappa shape index (κ3) is 6.43. The van der Waals surface area contributed by atoms with E-state index in [0.717, 1.165) is 0 Å². The van der Waals surface area contributed by atoms with Crippen molar-refractivity contribution in [2.45, 2.75) is 31.6 Å². The van der Waals surface area contributed by atoms with Crippen LogP contribution >= 0.6 is 23.2 Å². The molecule has 49 heavy (non-hydrogen) atoms. The molecule has 1 unspecified atom stereocenters. The van der Waals surface area contributed by atoms with E-state index in [1.54, 1.807) is 56.3 Å². The van der Waals surface area contributed by atoms with E-state index in [2.05, 4.69) is 15.3 Å². The molecule has 3 N–H and O–H groups in total. The highest BCUT2D eigenvalue weighted by Gasteiger charge is 2.44. The molecule has 0 bridgehead atoms. The summed E-state index contributed by atoms with van der Waals surface area (Å²) in [5, 5.41) is 4.30. The topological polar surface area (TPSA) is 139 Å². The van der Waals surface area contributed by atoms with Gasteiger partial charge in [-0.05, 0) is 68.3 Å². The van der Waals surface area contributed by atoms with Gasteiger partial charge in [-0.2, -0.15) is 0 Å². The summed E-state index contributed by atoms with van der Waals surface area (Å²) >= 11 is 13.1. The number of primary amides is 1. The number of benzene rings is 2. The summed E-state index contributed by atoms with van der Waals surface area (Å²) in [6.07, 6.45) is 1.81. The van der Waals surface area contributed by atoms with Crippen LogP contribution in [0.1, 0.15) is 45.7 Å². The van der Waals surface area contributed by atoms with Crippen LogP contribution in [-0.4, -0.2) is 54.1 Å². The zero-order chi connectivity index (χ0) is 35.0. The normalized spacial score (nSPS) is 15.7. The molecular weight excluding hydrogens is 672 g/mol. The van der Waals surface area contributed by atoms with E-state index in [-0.39, 0.29) is 30.5 Å². The first-order valence-corrected chi connectivity index (χ1v) is 16.0. The molecule has 2 amide bonds. The molecule has 5 aromatic rings. The van der Waals surface area contributed by atoms with Crippen molar-refractivity contribution in [1.82, 2.24) is 20.3 Å². The third-order valence-electron chi connectivity index (χ3n) is 8.73. The molecule has 6 rings (SSSR count). The van der Waals surface area contributed by atoms with Gasteiger partial charge in [0.25, 0.3) is 5.91 Å². The Morgan fingerprint density at radius 1 is 1.10 bits per heavy atom. The second kappa shape index (κ2) is 13.5. The Labute approximate surface area is 291 Å². The van der Waals surface area contributed by atoms with Crippen LogP contribution < -0.4 is 25.3 Å². The maximum atomic E-state index is 14.4. The number of fused-ring (bicyclic) bond motifs is 2. The average Bonchev–Trinajstić information content (AvgIpc) is 3.44. The van der Waals surface area contributed by atoms with Gasteiger partial charge in [-0.25, -0.2) is 19.3 Å². The van der Waals surface area contributed by atoms with Gasteiger partial charge >= 0.3 is 0 Å². The number of ether oxygens (including phenoxy) is 3. The largest absolute Gasteiger partial charge is 0.494 e. The minimum absolute atomic E-state index is 0.0108. The van der Waals surface area contributed by atoms with Gasteiger partial charge in [0, 0.05) is 46.4 Å². The first-order chi connectivity index (χ1) is 23.4. The predicted octanol–water partition coefficient (Wildman–Crippen LogP) is 6.36.